The Hall–Kier alpha value is -2.57. The molecule has 0 aliphatic rings. The maximum absolute atomic E-state index is 11.5. The van der Waals surface area contributed by atoms with Crippen molar-refractivity contribution in [1.29, 1.82) is 0 Å². The van der Waals surface area contributed by atoms with Gasteiger partial charge in [-0.2, -0.15) is 0 Å². The molecule has 0 bridgehead atoms. The van der Waals surface area contributed by atoms with Crippen LogP contribution in [0.15, 0.2) is 24.3 Å². The lowest BCUT2D eigenvalue weighted by Crippen LogP contribution is -2.42. The van der Waals surface area contributed by atoms with Crippen molar-refractivity contribution in [3.8, 4) is 0 Å². The molecule has 0 heterocycles. The summed E-state index contributed by atoms with van der Waals surface area (Å²) < 4.78 is 0. The van der Waals surface area contributed by atoms with Crippen molar-refractivity contribution >= 4 is 17.9 Å². The number of aromatic carboxylic acids is 1. The van der Waals surface area contributed by atoms with Gasteiger partial charge in [0.1, 0.15) is 6.54 Å². The van der Waals surface area contributed by atoms with Crippen molar-refractivity contribution in [2.24, 2.45) is 5.73 Å². The molecule has 3 amide bonds. The van der Waals surface area contributed by atoms with Crippen LogP contribution in [0.25, 0.3) is 0 Å². The van der Waals surface area contributed by atoms with Crippen molar-refractivity contribution in [3.63, 3.8) is 0 Å². The zero-order valence-electron chi connectivity index (χ0n) is 11.1. The third-order valence-electron chi connectivity index (χ3n) is 2.63. The summed E-state index contributed by atoms with van der Waals surface area (Å²) in [6.45, 7) is 0.244. The van der Waals surface area contributed by atoms with E-state index in [-0.39, 0.29) is 18.1 Å². The van der Waals surface area contributed by atoms with Gasteiger partial charge < -0.3 is 21.1 Å². The minimum atomic E-state index is -0.974. The normalized spacial score (nSPS) is 9.85. The molecule has 1 aromatic rings. The Morgan fingerprint density at radius 1 is 1.25 bits per heavy atom. The van der Waals surface area contributed by atoms with Crippen LogP contribution in [0.2, 0.25) is 0 Å². The van der Waals surface area contributed by atoms with Crippen molar-refractivity contribution in [2.75, 3.05) is 20.1 Å². The first-order valence-corrected chi connectivity index (χ1v) is 5.99. The van der Waals surface area contributed by atoms with E-state index in [2.05, 4.69) is 5.32 Å². The average molecular weight is 279 g/mol. The van der Waals surface area contributed by atoms with Gasteiger partial charge in [-0.05, 0) is 24.1 Å². The van der Waals surface area contributed by atoms with Gasteiger partial charge in [-0.3, -0.25) is 4.79 Å². The number of carboxylic acids is 1. The second-order valence-electron chi connectivity index (χ2n) is 4.31. The molecule has 0 radical (unpaired) electrons. The highest BCUT2D eigenvalue weighted by Crippen LogP contribution is 2.04. The lowest BCUT2D eigenvalue weighted by atomic mass is 10.1. The Morgan fingerprint density at radius 2 is 1.85 bits per heavy atom. The first-order chi connectivity index (χ1) is 9.40. The van der Waals surface area contributed by atoms with Crippen LogP contribution in [0.4, 0.5) is 4.79 Å². The maximum Gasteiger partial charge on any atom is 0.335 e. The van der Waals surface area contributed by atoms with Crippen molar-refractivity contribution in [2.45, 2.75) is 6.42 Å². The highest BCUT2D eigenvalue weighted by molar-refractivity contribution is 5.87. The smallest absolute Gasteiger partial charge is 0.335 e. The molecule has 0 saturated heterocycles. The van der Waals surface area contributed by atoms with E-state index < -0.39 is 11.9 Å². The SMILES string of the molecule is CN(CC(N)=O)C(=O)NCCc1ccc(C(=O)O)cc1. The molecule has 0 aliphatic heterocycles. The minimum Gasteiger partial charge on any atom is -0.478 e. The minimum absolute atomic E-state index is 0.140. The van der Waals surface area contributed by atoms with E-state index >= 15 is 0 Å². The fourth-order valence-corrected chi connectivity index (χ4v) is 1.57. The fourth-order valence-electron chi connectivity index (χ4n) is 1.57. The molecule has 0 spiro atoms. The van der Waals surface area contributed by atoms with Crippen LogP contribution in [0.1, 0.15) is 15.9 Å². The van der Waals surface area contributed by atoms with Gasteiger partial charge in [0.15, 0.2) is 0 Å². The van der Waals surface area contributed by atoms with Gasteiger partial charge in [0.2, 0.25) is 5.91 Å². The number of primary amides is 1. The van der Waals surface area contributed by atoms with Gasteiger partial charge in [-0.15, -0.1) is 0 Å². The highest BCUT2D eigenvalue weighted by atomic mass is 16.4. The monoisotopic (exact) mass is 279 g/mol. The molecule has 108 valence electrons. The molecule has 1 rings (SSSR count). The summed E-state index contributed by atoms with van der Waals surface area (Å²) in [5, 5.41) is 11.4. The van der Waals surface area contributed by atoms with E-state index in [1.807, 2.05) is 0 Å². The Bertz CT molecular complexity index is 499. The lowest BCUT2D eigenvalue weighted by molar-refractivity contribution is -0.118. The van der Waals surface area contributed by atoms with E-state index in [9.17, 15) is 14.4 Å². The van der Waals surface area contributed by atoms with Crippen molar-refractivity contribution < 1.29 is 19.5 Å². The third-order valence-corrected chi connectivity index (χ3v) is 2.63. The van der Waals surface area contributed by atoms with Gasteiger partial charge in [0, 0.05) is 13.6 Å². The van der Waals surface area contributed by atoms with Gasteiger partial charge in [-0.1, -0.05) is 12.1 Å². The Labute approximate surface area is 116 Å². The standard InChI is InChI=1S/C13H17N3O4/c1-16(8-11(14)17)13(20)15-7-6-9-2-4-10(5-3-9)12(18)19/h2-5H,6-8H2,1H3,(H2,14,17)(H,15,20)(H,18,19). The summed E-state index contributed by atoms with van der Waals surface area (Å²) in [6.07, 6.45) is 0.566. The van der Waals surface area contributed by atoms with Gasteiger partial charge in [0.05, 0.1) is 5.56 Å². The quantitative estimate of drug-likeness (QED) is 0.683. The predicted molar refractivity (Wildman–Crippen MR) is 72.3 cm³/mol. The molecule has 7 heteroatoms. The van der Waals surface area contributed by atoms with Gasteiger partial charge >= 0.3 is 12.0 Å². The number of rotatable bonds is 6. The Kier molecular flexibility index (Phi) is 5.52. The molecular formula is C13H17N3O4. The van der Waals surface area contributed by atoms with Crippen LogP contribution in [-0.4, -0.2) is 48.1 Å². The molecular weight excluding hydrogens is 262 g/mol. The van der Waals surface area contributed by atoms with Crippen molar-refractivity contribution in [1.82, 2.24) is 10.2 Å². The third kappa shape index (κ3) is 4.97. The second kappa shape index (κ2) is 7.13. The molecule has 20 heavy (non-hydrogen) atoms. The molecule has 4 N–H and O–H groups in total. The largest absolute Gasteiger partial charge is 0.478 e. The number of carbonyl (C=O) groups excluding carboxylic acids is 2. The Morgan fingerprint density at radius 3 is 2.35 bits per heavy atom. The summed E-state index contributed by atoms with van der Waals surface area (Å²) in [7, 11) is 1.47. The summed E-state index contributed by atoms with van der Waals surface area (Å²) >= 11 is 0. The van der Waals surface area contributed by atoms with Crippen LogP contribution < -0.4 is 11.1 Å². The van der Waals surface area contributed by atoms with Crippen LogP contribution >= 0.6 is 0 Å². The molecule has 0 atom stereocenters. The number of nitrogens with one attached hydrogen (secondary N) is 1. The predicted octanol–water partition coefficient (Wildman–Crippen LogP) is 0.0540. The number of likely N-dealkylation sites (N-methyl/N-ethyl adjacent to an activating group) is 1. The molecule has 0 saturated carbocycles. The summed E-state index contributed by atoms with van der Waals surface area (Å²) in [4.78, 5) is 34.1. The first kappa shape index (κ1) is 15.5. The summed E-state index contributed by atoms with van der Waals surface area (Å²) in [6, 6.07) is 6.04. The van der Waals surface area contributed by atoms with Crippen LogP contribution in [0, 0.1) is 0 Å². The number of amides is 3. The average Bonchev–Trinajstić information content (AvgIpc) is 2.38. The number of carbonyl (C=O) groups is 3. The topological polar surface area (TPSA) is 113 Å². The molecule has 0 fully saturated rings. The summed E-state index contributed by atoms with van der Waals surface area (Å²) in [5.41, 5.74) is 6.11. The zero-order chi connectivity index (χ0) is 15.1. The van der Waals surface area contributed by atoms with E-state index in [0.717, 1.165) is 5.56 Å². The van der Waals surface area contributed by atoms with E-state index in [0.29, 0.717) is 13.0 Å². The van der Waals surface area contributed by atoms with Crippen LogP contribution in [0.5, 0.6) is 0 Å². The summed E-state index contributed by atoms with van der Waals surface area (Å²) in [5.74, 6) is -1.55. The fraction of sp³-hybridized carbons (Fsp3) is 0.308. The molecule has 0 unspecified atom stereocenters. The number of carboxylic acid groups (broad SMARTS) is 1. The molecule has 0 aliphatic carbocycles. The Balaban J connectivity index is 2.38. The van der Waals surface area contributed by atoms with Gasteiger partial charge in [0.25, 0.3) is 0 Å². The van der Waals surface area contributed by atoms with Crippen molar-refractivity contribution in [3.05, 3.63) is 35.4 Å². The second-order valence-corrected chi connectivity index (χ2v) is 4.31. The van der Waals surface area contributed by atoms with Crippen LogP contribution in [-0.2, 0) is 11.2 Å². The van der Waals surface area contributed by atoms with Crippen LogP contribution in [0.3, 0.4) is 0 Å². The van der Waals surface area contributed by atoms with E-state index in [1.165, 1.54) is 24.1 Å². The number of hydrogen-bond donors (Lipinski definition) is 3. The number of nitrogens with two attached hydrogens (primary N) is 1. The molecule has 1 aromatic carbocycles. The number of urea groups is 1. The van der Waals surface area contributed by atoms with E-state index in [1.54, 1.807) is 12.1 Å². The number of benzene rings is 1. The first-order valence-electron chi connectivity index (χ1n) is 5.99. The van der Waals surface area contributed by atoms with Gasteiger partial charge in [-0.25, -0.2) is 9.59 Å². The number of nitrogens with zero attached hydrogens (tertiary/aromatic N) is 1. The lowest BCUT2D eigenvalue weighted by Gasteiger charge is -2.15. The number of hydrogen-bond acceptors (Lipinski definition) is 3. The molecule has 7 nitrogen and oxygen atoms in total. The zero-order valence-corrected chi connectivity index (χ0v) is 11.1. The van der Waals surface area contributed by atoms with E-state index in [4.69, 9.17) is 10.8 Å². The highest BCUT2D eigenvalue weighted by Gasteiger charge is 2.09. The maximum atomic E-state index is 11.5. The molecule has 0 aromatic heterocycles.